The molecule has 0 saturated heterocycles. The lowest BCUT2D eigenvalue weighted by Crippen LogP contribution is -2.38. The third-order valence-electron chi connectivity index (χ3n) is 8.15. The second kappa shape index (κ2) is 8.91. The Morgan fingerprint density at radius 3 is 1.95 bits per heavy atom. The number of fused-ring (bicyclic) bond motifs is 3. The Balaban J connectivity index is 1.71. The van der Waals surface area contributed by atoms with Crippen molar-refractivity contribution in [3.8, 4) is 22.3 Å². The second-order valence-electron chi connectivity index (χ2n) is 12.6. The van der Waals surface area contributed by atoms with Crippen molar-refractivity contribution >= 4 is 11.4 Å². The summed E-state index contributed by atoms with van der Waals surface area (Å²) in [6.45, 7) is 20.8. The molecule has 0 spiro atoms. The number of aryl methyl sites for hydroxylation is 2. The zero-order valence-electron chi connectivity index (χ0n) is 24.0. The molecular formula is C36H41N. The molecule has 0 radical (unpaired) electrons. The third-order valence-corrected chi connectivity index (χ3v) is 8.15. The first-order valence-electron chi connectivity index (χ1n) is 13.7. The summed E-state index contributed by atoms with van der Waals surface area (Å²) in [7, 11) is 0. The largest absolute Gasteiger partial charge is 0.336 e. The van der Waals surface area contributed by atoms with Gasteiger partial charge in [-0.1, -0.05) is 88.4 Å². The summed E-state index contributed by atoms with van der Waals surface area (Å²) >= 11 is 0. The predicted octanol–water partition coefficient (Wildman–Crippen LogP) is 10.3. The fourth-order valence-electron chi connectivity index (χ4n) is 6.02. The van der Waals surface area contributed by atoms with Gasteiger partial charge in [0.1, 0.15) is 0 Å². The van der Waals surface area contributed by atoms with Crippen molar-refractivity contribution in [2.24, 2.45) is 0 Å². The normalized spacial score (nSPS) is 14.0. The summed E-state index contributed by atoms with van der Waals surface area (Å²) in [6.07, 6.45) is 0. The van der Waals surface area contributed by atoms with Crippen molar-refractivity contribution in [3.63, 3.8) is 0 Å². The first kappa shape index (κ1) is 25.3. The van der Waals surface area contributed by atoms with Crippen molar-refractivity contribution in [1.82, 2.24) is 0 Å². The molecule has 1 nitrogen and oxygen atoms in total. The molecule has 190 valence electrons. The van der Waals surface area contributed by atoms with E-state index in [1.54, 1.807) is 0 Å². The van der Waals surface area contributed by atoms with Gasteiger partial charge in [0.2, 0.25) is 0 Å². The van der Waals surface area contributed by atoms with E-state index in [1.807, 2.05) is 0 Å². The number of hydrogen-bond donors (Lipinski definition) is 0. The smallest absolute Gasteiger partial charge is 0.0451 e. The van der Waals surface area contributed by atoms with Gasteiger partial charge in [0.05, 0.1) is 0 Å². The second-order valence-corrected chi connectivity index (χ2v) is 12.6. The maximum atomic E-state index is 2.56. The van der Waals surface area contributed by atoms with Crippen LogP contribution in [0.3, 0.4) is 0 Å². The van der Waals surface area contributed by atoms with Crippen LogP contribution in [0.2, 0.25) is 0 Å². The Bertz CT molecular complexity index is 1470. The number of rotatable bonds is 4. The summed E-state index contributed by atoms with van der Waals surface area (Å²) in [5, 5.41) is 0. The van der Waals surface area contributed by atoms with Crippen LogP contribution in [0.15, 0.2) is 78.9 Å². The molecule has 5 rings (SSSR count). The molecule has 0 aromatic heterocycles. The van der Waals surface area contributed by atoms with Gasteiger partial charge in [-0.15, -0.1) is 0 Å². The highest BCUT2D eigenvalue weighted by atomic mass is 15.2. The number of hydrogen-bond acceptors (Lipinski definition) is 1. The van der Waals surface area contributed by atoms with Gasteiger partial charge in [0.15, 0.2) is 0 Å². The van der Waals surface area contributed by atoms with Crippen molar-refractivity contribution in [2.45, 2.75) is 79.2 Å². The monoisotopic (exact) mass is 487 g/mol. The van der Waals surface area contributed by atoms with Crippen LogP contribution >= 0.6 is 0 Å². The Morgan fingerprint density at radius 2 is 1.30 bits per heavy atom. The van der Waals surface area contributed by atoms with Crippen LogP contribution in [-0.4, -0.2) is 5.54 Å². The lowest BCUT2D eigenvalue weighted by Gasteiger charge is -2.40. The molecule has 0 bridgehead atoms. The van der Waals surface area contributed by atoms with E-state index < -0.39 is 0 Å². The summed E-state index contributed by atoms with van der Waals surface area (Å²) in [6, 6.07) is 29.6. The standard InChI is InChI=1S/C36H41N/c1-23(2)27-17-18-31-30(20-27)29-19-25(4)34(22-32(29)36(31,8)9)37(35(5,6)7)33-21-28(16-15-24(33)3)26-13-11-10-12-14-26/h10-23H,1-9H3. The van der Waals surface area contributed by atoms with Gasteiger partial charge in [0.25, 0.3) is 0 Å². The first-order valence-corrected chi connectivity index (χ1v) is 13.7. The highest BCUT2D eigenvalue weighted by molar-refractivity contribution is 5.86. The van der Waals surface area contributed by atoms with E-state index in [-0.39, 0.29) is 11.0 Å². The SMILES string of the molecule is Cc1ccc(-c2ccccc2)cc1N(c1cc2c(cc1C)-c1cc(C(C)C)ccc1C2(C)C)C(C)(C)C. The van der Waals surface area contributed by atoms with Crippen LogP contribution in [0.1, 0.15) is 82.2 Å². The number of anilines is 2. The molecule has 0 atom stereocenters. The minimum Gasteiger partial charge on any atom is -0.336 e. The van der Waals surface area contributed by atoms with Crippen molar-refractivity contribution < 1.29 is 0 Å². The topological polar surface area (TPSA) is 3.24 Å². The van der Waals surface area contributed by atoms with Gasteiger partial charge in [-0.05, 0) is 109 Å². The van der Waals surface area contributed by atoms with E-state index in [1.165, 1.54) is 61.4 Å². The first-order chi connectivity index (χ1) is 17.4. The van der Waals surface area contributed by atoms with Crippen LogP contribution in [0.25, 0.3) is 22.3 Å². The predicted molar refractivity (Wildman–Crippen MR) is 161 cm³/mol. The lowest BCUT2D eigenvalue weighted by atomic mass is 9.81. The van der Waals surface area contributed by atoms with Crippen molar-refractivity contribution in [3.05, 3.63) is 107 Å². The lowest BCUT2D eigenvalue weighted by molar-refractivity contribution is 0.557. The van der Waals surface area contributed by atoms with Gasteiger partial charge < -0.3 is 4.90 Å². The minimum absolute atomic E-state index is 0.0346. The molecule has 4 aromatic rings. The zero-order valence-corrected chi connectivity index (χ0v) is 24.0. The fraction of sp³-hybridized carbons (Fsp3) is 0.333. The van der Waals surface area contributed by atoms with Crippen LogP contribution in [0.4, 0.5) is 11.4 Å². The molecule has 0 amide bonds. The van der Waals surface area contributed by atoms with Crippen LogP contribution < -0.4 is 4.90 Å². The Labute approximate surface area is 224 Å². The maximum absolute atomic E-state index is 2.56. The van der Waals surface area contributed by atoms with E-state index in [0.717, 1.165) is 0 Å². The molecular weight excluding hydrogens is 446 g/mol. The number of benzene rings is 4. The Morgan fingerprint density at radius 1 is 0.649 bits per heavy atom. The van der Waals surface area contributed by atoms with E-state index in [9.17, 15) is 0 Å². The third kappa shape index (κ3) is 4.29. The summed E-state index contributed by atoms with van der Waals surface area (Å²) in [4.78, 5) is 2.56. The summed E-state index contributed by atoms with van der Waals surface area (Å²) in [5.74, 6) is 0.522. The molecule has 0 unspecified atom stereocenters. The molecule has 1 aliphatic carbocycles. The number of nitrogens with zero attached hydrogens (tertiary/aromatic N) is 1. The molecule has 0 aliphatic heterocycles. The molecule has 37 heavy (non-hydrogen) atoms. The van der Waals surface area contributed by atoms with Gasteiger partial charge in [-0.25, -0.2) is 0 Å². The van der Waals surface area contributed by atoms with E-state index >= 15 is 0 Å². The Hall–Kier alpha value is -3.32. The average molecular weight is 488 g/mol. The van der Waals surface area contributed by atoms with E-state index in [0.29, 0.717) is 5.92 Å². The van der Waals surface area contributed by atoms with E-state index in [2.05, 4.69) is 146 Å². The maximum Gasteiger partial charge on any atom is 0.0451 e. The van der Waals surface area contributed by atoms with Gasteiger partial charge in [0, 0.05) is 22.3 Å². The molecule has 0 heterocycles. The summed E-state index contributed by atoms with van der Waals surface area (Å²) < 4.78 is 0. The van der Waals surface area contributed by atoms with Gasteiger partial charge in [-0.2, -0.15) is 0 Å². The molecule has 0 saturated carbocycles. The molecule has 0 fully saturated rings. The molecule has 4 aromatic carbocycles. The van der Waals surface area contributed by atoms with Crippen LogP contribution in [0.5, 0.6) is 0 Å². The zero-order chi connectivity index (χ0) is 26.7. The van der Waals surface area contributed by atoms with Crippen LogP contribution in [0, 0.1) is 13.8 Å². The fourth-order valence-corrected chi connectivity index (χ4v) is 6.02. The van der Waals surface area contributed by atoms with Gasteiger partial charge >= 0.3 is 0 Å². The molecule has 0 N–H and O–H groups in total. The van der Waals surface area contributed by atoms with Crippen LogP contribution in [-0.2, 0) is 5.41 Å². The quantitative estimate of drug-likeness (QED) is 0.277. The molecule has 1 heteroatoms. The molecule has 1 aliphatic rings. The Kier molecular flexibility index (Phi) is 6.10. The minimum atomic E-state index is -0.0977. The van der Waals surface area contributed by atoms with Crippen molar-refractivity contribution in [2.75, 3.05) is 4.90 Å². The van der Waals surface area contributed by atoms with Crippen molar-refractivity contribution in [1.29, 1.82) is 0 Å². The highest BCUT2D eigenvalue weighted by Crippen LogP contribution is 2.52. The average Bonchev–Trinajstić information content (AvgIpc) is 3.06. The van der Waals surface area contributed by atoms with E-state index in [4.69, 9.17) is 0 Å². The van der Waals surface area contributed by atoms with Gasteiger partial charge in [-0.3, -0.25) is 0 Å². The summed E-state index contributed by atoms with van der Waals surface area (Å²) in [5.41, 5.74) is 14.6. The highest BCUT2D eigenvalue weighted by Gasteiger charge is 2.37.